The molecule has 0 saturated carbocycles. The highest BCUT2D eigenvalue weighted by molar-refractivity contribution is 7.09. The summed E-state index contributed by atoms with van der Waals surface area (Å²) in [5.41, 5.74) is 0.724. The lowest BCUT2D eigenvalue weighted by atomic mass is 10.1. The Morgan fingerprint density at radius 3 is 2.76 bits per heavy atom. The molecule has 0 spiro atoms. The summed E-state index contributed by atoms with van der Waals surface area (Å²) in [6.45, 7) is 7.03. The minimum atomic E-state index is -0.582. The molecule has 0 radical (unpaired) electrons. The molecule has 2 rings (SSSR count). The smallest absolute Gasteiger partial charge is 0.165 e. The van der Waals surface area contributed by atoms with Gasteiger partial charge in [-0.1, -0.05) is 0 Å². The molecule has 0 saturated heterocycles. The van der Waals surface area contributed by atoms with Crippen LogP contribution in [-0.4, -0.2) is 10.5 Å². The van der Waals surface area contributed by atoms with Gasteiger partial charge in [0.15, 0.2) is 11.6 Å². The maximum atomic E-state index is 13.4. The molecule has 0 bridgehead atoms. The van der Waals surface area contributed by atoms with Crippen LogP contribution in [0.4, 0.5) is 8.78 Å². The largest absolute Gasteiger partial charge is 0.484 e. The van der Waals surface area contributed by atoms with Crippen molar-refractivity contribution in [1.29, 1.82) is 0 Å². The average Bonchev–Trinajstić information content (AvgIpc) is 2.85. The summed E-state index contributed by atoms with van der Waals surface area (Å²) in [6, 6.07) is 3.13. The third-order valence-corrected chi connectivity index (χ3v) is 3.54. The zero-order valence-corrected chi connectivity index (χ0v) is 13.1. The number of halogens is 2. The molecule has 3 nitrogen and oxygen atoms in total. The van der Waals surface area contributed by atoms with Gasteiger partial charge in [0.05, 0.1) is 5.69 Å². The molecular weight excluding hydrogens is 294 g/mol. The van der Waals surface area contributed by atoms with E-state index in [0.29, 0.717) is 12.2 Å². The fraction of sp³-hybridized carbons (Fsp3) is 0.400. The van der Waals surface area contributed by atoms with Gasteiger partial charge in [-0.3, -0.25) is 0 Å². The lowest BCUT2D eigenvalue weighted by molar-refractivity contribution is 0.284. The third kappa shape index (κ3) is 5.06. The van der Waals surface area contributed by atoms with Crippen molar-refractivity contribution in [1.82, 2.24) is 10.3 Å². The summed E-state index contributed by atoms with van der Waals surface area (Å²) in [6.07, 6.45) is 0. The second-order valence-electron chi connectivity index (χ2n) is 5.70. The Kier molecular flexibility index (Phi) is 4.90. The van der Waals surface area contributed by atoms with Crippen LogP contribution in [-0.2, 0) is 13.2 Å². The lowest BCUT2D eigenvalue weighted by Gasteiger charge is -2.19. The van der Waals surface area contributed by atoms with E-state index in [0.717, 1.165) is 23.2 Å². The Labute approximate surface area is 127 Å². The van der Waals surface area contributed by atoms with Crippen LogP contribution in [0.25, 0.3) is 0 Å². The molecule has 1 aromatic carbocycles. The molecule has 0 unspecified atom stereocenters. The van der Waals surface area contributed by atoms with Gasteiger partial charge in [-0.25, -0.2) is 13.8 Å². The number of hydrogen-bond acceptors (Lipinski definition) is 4. The van der Waals surface area contributed by atoms with Gasteiger partial charge in [-0.15, -0.1) is 11.3 Å². The molecule has 0 fully saturated rings. The quantitative estimate of drug-likeness (QED) is 0.909. The lowest BCUT2D eigenvalue weighted by Crippen LogP contribution is -2.35. The molecule has 0 aliphatic carbocycles. The summed E-state index contributed by atoms with van der Waals surface area (Å²) >= 11 is 1.51. The average molecular weight is 312 g/mol. The highest BCUT2D eigenvalue weighted by atomic mass is 32.1. The van der Waals surface area contributed by atoms with E-state index >= 15 is 0 Å². The van der Waals surface area contributed by atoms with Crippen molar-refractivity contribution in [3.8, 4) is 5.75 Å². The van der Waals surface area contributed by atoms with E-state index in [9.17, 15) is 8.78 Å². The first-order valence-corrected chi connectivity index (χ1v) is 7.47. The fourth-order valence-corrected chi connectivity index (χ4v) is 2.29. The molecule has 21 heavy (non-hydrogen) atoms. The minimum absolute atomic E-state index is 0.0209. The van der Waals surface area contributed by atoms with Gasteiger partial charge in [-0.05, 0) is 32.9 Å². The number of thiazole rings is 1. The zero-order chi connectivity index (χ0) is 15.5. The van der Waals surface area contributed by atoms with E-state index in [-0.39, 0.29) is 17.9 Å². The van der Waals surface area contributed by atoms with Crippen LogP contribution in [0.15, 0.2) is 23.6 Å². The first-order chi connectivity index (χ1) is 9.83. The van der Waals surface area contributed by atoms with Crippen LogP contribution < -0.4 is 10.1 Å². The summed E-state index contributed by atoms with van der Waals surface area (Å²) in [5, 5.41) is 6.13. The van der Waals surface area contributed by atoms with E-state index < -0.39 is 11.6 Å². The summed E-state index contributed by atoms with van der Waals surface area (Å²) in [5.74, 6) is -1.21. The third-order valence-electron chi connectivity index (χ3n) is 2.64. The van der Waals surface area contributed by atoms with Gasteiger partial charge in [0, 0.05) is 23.5 Å². The van der Waals surface area contributed by atoms with Gasteiger partial charge in [0.25, 0.3) is 0 Å². The molecule has 1 N–H and O–H groups in total. The molecule has 114 valence electrons. The van der Waals surface area contributed by atoms with Gasteiger partial charge < -0.3 is 10.1 Å². The normalized spacial score (nSPS) is 11.7. The number of hydrogen-bond donors (Lipinski definition) is 1. The van der Waals surface area contributed by atoms with Crippen LogP contribution in [0.2, 0.25) is 0 Å². The van der Waals surface area contributed by atoms with Crippen LogP contribution >= 0.6 is 11.3 Å². The Hall–Kier alpha value is -1.53. The standard InChI is InChI=1S/C15H18F2N2OS/c1-15(2,3)18-7-14-19-11(9-21-14)8-20-13-6-10(16)4-5-12(13)17/h4-6,9,18H,7-8H2,1-3H3. The maximum Gasteiger partial charge on any atom is 0.165 e. The molecule has 0 atom stereocenters. The predicted octanol–water partition coefficient (Wildman–Crippen LogP) is 3.89. The molecular formula is C15H18F2N2OS. The molecule has 1 heterocycles. The second-order valence-corrected chi connectivity index (χ2v) is 6.64. The Morgan fingerprint density at radius 2 is 2.05 bits per heavy atom. The van der Waals surface area contributed by atoms with E-state index in [2.05, 4.69) is 31.1 Å². The van der Waals surface area contributed by atoms with E-state index in [1.165, 1.54) is 11.3 Å². The SMILES string of the molecule is CC(C)(C)NCc1nc(COc2cc(F)ccc2F)cs1. The molecule has 0 aliphatic heterocycles. The van der Waals surface area contributed by atoms with Crippen molar-refractivity contribution in [2.75, 3.05) is 0 Å². The number of rotatable bonds is 5. The van der Waals surface area contributed by atoms with Crippen LogP contribution in [0.1, 0.15) is 31.5 Å². The first kappa shape index (κ1) is 15.9. The second kappa shape index (κ2) is 6.49. The van der Waals surface area contributed by atoms with Gasteiger partial charge in [0.2, 0.25) is 0 Å². The maximum absolute atomic E-state index is 13.4. The summed E-state index contributed by atoms with van der Waals surface area (Å²) in [4.78, 5) is 4.40. The summed E-state index contributed by atoms with van der Waals surface area (Å²) < 4.78 is 31.7. The molecule has 2 aromatic rings. The molecule has 0 aliphatic rings. The van der Waals surface area contributed by atoms with E-state index in [4.69, 9.17) is 4.74 Å². The van der Waals surface area contributed by atoms with E-state index in [1.54, 1.807) is 0 Å². The van der Waals surface area contributed by atoms with Crippen molar-refractivity contribution < 1.29 is 13.5 Å². The van der Waals surface area contributed by atoms with Crippen molar-refractivity contribution in [3.63, 3.8) is 0 Å². The van der Waals surface area contributed by atoms with Gasteiger partial charge in [-0.2, -0.15) is 0 Å². The number of nitrogens with one attached hydrogen (secondary N) is 1. The number of aromatic nitrogens is 1. The number of benzene rings is 1. The van der Waals surface area contributed by atoms with Crippen LogP contribution in [0.3, 0.4) is 0 Å². The van der Waals surface area contributed by atoms with Crippen LogP contribution in [0.5, 0.6) is 5.75 Å². The van der Waals surface area contributed by atoms with E-state index in [1.807, 2.05) is 5.38 Å². The topological polar surface area (TPSA) is 34.2 Å². The number of ether oxygens (including phenoxy) is 1. The van der Waals surface area contributed by atoms with Crippen molar-refractivity contribution in [2.24, 2.45) is 0 Å². The molecule has 6 heteroatoms. The van der Waals surface area contributed by atoms with Crippen molar-refractivity contribution >= 4 is 11.3 Å². The first-order valence-electron chi connectivity index (χ1n) is 6.60. The highest BCUT2D eigenvalue weighted by Gasteiger charge is 2.11. The van der Waals surface area contributed by atoms with Gasteiger partial charge >= 0.3 is 0 Å². The monoisotopic (exact) mass is 312 g/mol. The molecule has 1 aromatic heterocycles. The molecule has 0 amide bonds. The Morgan fingerprint density at radius 1 is 1.29 bits per heavy atom. The number of nitrogens with zero attached hydrogens (tertiary/aromatic N) is 1. The van der Waals surface area contributed by atoms with Gasteiger partial charge in [0.1, 0.15) is 17.4 Å². The van der Waals surface area contributed by atoms with Crippen LogP contribution in [0, 0.1) is 11.6 Å². The predicted molar refractivity (Wildman–Crippen MR) is 79.4 cm³/mol. The zero-order valence-electron chi connectivity index (χ0n) is 12.2. The summed E-state index contributed by atoms with van der Waals surface area (Å²) in [7, 11) is 0. The Bertz CT molecular complexity index is 608. The minimum Gasteiger partial charge on any atom is -0.484 e. The Balaban J connectivity index is 1.92. The highest BCUT2D eigenvalue weighted by Crippen LogP contribution is 2.20. The van der Waals surface area contributed by atoms with Crippen molar-refractivity contribution in [3.05, 3.63) is 45.9 Å². The fourth-order valence-electron chi connectivity index (χ4n) is 1.58. The van der Waals surface area contributed by atoms with Crippen molar-refractivity contribution in [2.45, 2.75) is 39.5 Å².